The molecule has 2 aromatic rings. The van der Waals surface area contributed by atoms with Crippen LogP contribution in [0.2, 0.25) is 0 Å². The number of amides is 1. The summed E-state index contributed by atoms with van der Waals surface area (Å²) in [5.41, 5.74) is 0.493. The molecule has 23 heavy (non-hydrogen) atoms. The van der Waals surface area contributed by atoms with Crippen molar-refractivity contribution in [2.24, 2.45) is 0 Å². The number of alkyl halides is 3. The summed E-state index contributed by atoms with van der Waals surface area (Å²) in [6, 6.07) is 9.58. The number of hydrogen-bond acceptors (Lipinski definition) is 3. The Morgan fingerprint density at radius 2 is 1.83 bits per heavy atom. The van der Waals surface area contributed by atoms with Gasteiger partial charge in [0.1, 0.15) is 4.88 Å². The predicted octanol–water partition coefficient (Wildman–Crippen LogP) is 4.36. The van der Waals surface area contributed by atoms with Crippen LogP contribution in [-0.4, -0.2) is 10.9 Å². The van der Waals surface area contributed by atoms with E-state index >= 15 is 0 Å². The molecule has 1 amide bonds. The summed E-state index contributed by atoms with van der Waals surface area (Å²) in [6.07, 6.45) is 0.00282. The first kappa shape index (κ1) is 16.0. The van der Waals surface area contributed by atoms with E-state index in [-0.39, 0.29) is 4.88 Å². The number of nitrogens with zero attached hydrogens (tertiary/aromatic N) is 1. The lowest BCUT2D eigenvalue weighted by atomic mass is 9.88. The van der Waals surface area contributed by atoms with Gasteiger partial charge >= 0.3 is 6.18 Å². The normalized spacial score (nSPS) is 17.2. The van der Waals surface area contributed by atoms with Gasteiger partial charge in [-0.05, 0) is 18.4 Å². The van der Waals surface area contributed by atoms with Crippen LogP contribution in [-0.2, 0) is 11.7 Å². The molecule has 3 rings (SSSR count). The maximum Gasteiger partial charge on any atom is 0.443 e. The molecule has 1 aromatic heterocycles. The summed E-state index contributed by atoms with van der Waals surface area (Å²) in [6.45, 7) is 0. The van der Waals surface area contributed by atoms with Crippen LogP contribution in [0.25, 0.3) is 0 Å². The molecule has 0 spiro atoms. The molecule has 0 unspecified atom stereocenters. The average Bonchev–Trinajstić information content (AvgIpc) is 3.17. The fraction of sp³-hybridized carbons (Fsp3) is 0.375. The van der Waals surface area contributed by atoms with Crippen LogP contribution in [0.5, 0.6) is 0 Å². The van der Waals surface area contributed by atoms with Gasteiger partial charge in [0.15, 0.2) is 5.01 Å². The summed E-state index contributed by atoms with van der Waals surface area (Å²) in [5, 5.41) is 1.96. The molecule has 1 aliphatic carbocycles. The minimum absolute atomic E-state index is 0.0143. The fourth-order valence-corrected chi connectivity index (χ4v) is 3.69. The van der Waals surface area contributed by atoms with Gasteiger partial charge in [-0.1, -0.05) is 43.2 Å². The number of thiazole rings is 1. The van der Waals surface area contributed by atoms with Crippen molar-refractivity contribution in [1.82, 2.24) is 10.3 Å². The van der Waals surface area contributed by atoms with E-state index in [1.54, 1.807) is 0 Å². The third kappa shape index (κ3) is 3.24. The Labute approximate surface area is 135 Å². The Bertz CT molecular complexity index is 691. The standard InChI is InChI=1S/C16H15F3N2OS/c17-16(18,19)14-20-10-12(23-14)13(22)21-15(8-4-5-9-15)11-6-2-1-3-7-11/h1-3,6-7,10H,4-5,8-9H2,(H,21,22). The molecule has 1 heterocycles. The third-order valence-corrected chi connectivity index (χ3v) is 5.15. The van der Waals surface area contributed by atoms with Crippen LogP contribution in [0.4, 0.5) is 13.2 Å². The number of halogens is 3. The predicted molar refractivity (Wildman–Crippen MR) is 81.2 cm³/mol. The zero-order valence-corrected chi connectivity index (χ0v) is 13.0. The van der Waals surface area contributed by atoms with E-state index in [9.17, 15) is 18.0 Å². The van der Waals surface area contributed by atoms with Gasteiger partial charge in [0.05, 0.1) is 11.7 Å². The summed E-state index contributed by atoms with van der Waals surface area (Å²) in [7, 11) is 0. The molecule has 0 atom stereocenters. The number of hydrogen-bond donors (Lipinski definition) is 1. The summed E-state index contributed by atoms with van der Waals surface area (Å²) >= 11 is 0.377. The fourth-order valence-electron chi connectivity index (χ4n) is 3.01. The average molecular weight is 340 g/mol. The van der Waals surface area contributed by atoms with Crippen molar-refractivity contribution in [2.45, 2.75) is 37.4 Å². The van der Waals surface area contributed by atoms with E-state index in [4.69, 9.17) is 0 Å². The molecular formula is C16H15F3N2OS. The quantitative estimate of drug-likeness (QED) is 0.902. The van der Waals surface area contributed by atoms with Gasteiger partial charge in [0, 0.05) is 0 Å². The molecule has 3 nitrogen and oxygen atoms in total. The van der Waals surface area contributed by atoms with Crippen molar-refractivity contribution in [1.29, 1.82) is 0 Å². The molecule has 0 bridgehead atoms. The number of nitrogens with one attached hydrogen (secondary N) is 1. The second-order valence-electron chi connectivity index (χ2n) is 5.64. The zero-order valence-electron chi connectivity index (χ0n) is 12.2. The van der Waals surface area contributed by atoms with Crippen LogP contribution in [0.15, 0.2) is 36.5 Å². The van der Waals surface area contributed by atoms with Gasteiger partial charge in [0.25, 0.3) is 5.91 Å². The Kier molecular flexibility index (Phi) is 4.14. The van der Waals surface area contributed by atoms with Crippen molar-refractivity contribution in [2.75, 3.05) is 0 Å². The van der Waals surface area contributed by atoms with Crippen molar-refractivity contribution in [3.63, 3.8) is 0 Å². The smallest absolute Gasteiger partial charge is 0.342 e. The molecule has 122 valence electrons. The maximum atomic E-state index is 12.6. The van der Waals surface area contributed by atoms with E-state index in [0.717, 1.165) is 37.4 Å². The zero-order chi connectivity index (χ0) is 16.5. The summed E-state index contributed by atoms with van der Waals surface area (Å²) in [5.74, 6) is -0.497. The van der Waals surface area contributed by atoms with E-state index in [0.29, 0.717) is 11.3 Å². The van der Waals surface area contributed by atoms with Gasteiger partial charge in [0.2, 0.25) is 0 Å². The van der Waals surface area contributed by atoms with Crippen molar-refractivity contribution in [3.8, 4) is 0 Å². The third-order valence-electron chi connectivity index (χ3n) is 4.11. The van der Waals surface area contributed by atoms with E-state index in [2.05, 4.69) is 10.3 Å². The summed E-state index contributed by atoms with van der Waals surface area (Å²) in [4.78, 5) is 15.7. The molecule has 1 N–H and O–H groups in total. The Hall–Kier alpha value is -1.89. The minimum atomic E-state index is -4.52. The monoisotopic (exact) mass is 340 g/mol. The van der Waals surface area contributed by atoms with Gasteiger partial charge < -0.3 is 5.32 Å². The molecule has 1 aliphatic rings. The largest absolute Gasteiger partial charge is 0.443 e. The lowest BCUT2D eigenvalue weighted by Gasteiger charge is -2.30. The number of carbonyl (C=O) groups excluding carboxylic acids is 1. The van der Waals surface area contributed by atoms with Gasteiger partial charge in [-0.2, -0.15) is 13.2 Å². The SMILES string of the molecule is O=C(NC1(c2ccccc2)CCCC1)c1cnc(C(F)(F)F)s1. The van der Waals surface area contributed by atoms with Crippen LogP contribution in [0.3, 0.4) is 0 Å². The maximum absolute atomic E-state index is 12.6. The highest BCUT2D eigenvalue weighted by Crippen LogP contribution is 2.39. The van der Waals surface area contributed by atoms with E-state index < -0.39 is 22.6 Å². The van der Waals surface area contributed by atoms with E-state index in [1.165, 1.54) is 0 Å². The highest BCUT2D eigenvalue weighted by Gasteiger charge is 2.39. The molecular weight excluding hydrogens is 325 g/mol. The lowest BCUT2D eigenvalue weighted by molar-refractivity contribution is -0.137. The highest BCUT2D eigenvalue weighted by molar-refractivity contribution is 7.13. The first-order chi connectivity index (χ1) is 10.9. The molecule has 0 radical (unpaired) electrons. The Morgan fingerprint density at radius 1 is 1.17 bits per heavy atom. The van der Waals surface area contributed by atoms with Crippen molar-refractivity contribution >= 4 is 17.2 Å². The van der Waals surface area contributed by atoms with Crippen LogP contribution >= 0.6 is 11.3 Å². The number of carbonyl (C=O) groups is 1. The lowest BCUT2D eigenvalue weighted by Crippen LogP contribution is -2.43. The molecule has 0 saturated heterocycles. The molecule has 1 saturated carbocycles. The summed E-state index contributed by atoms with van der Waals surface area (Å²) < 4.78 is 37.9. The molecule has 1 aromatic carbocycles. The van der Waals surface area contributed by atoms with Crippen molar-refractivity contribution in [3.05, 3.63) is 52.0 Å². The van der Waals surface area contributed by atoms with Gasteiger partial charge in [-0.3, -0.25) is 4.79 Å². The second kappa shape index (κ2) is 5.96. The first-order valence-electron chi connectivity index (χ1n) is 7.32. The number of rotatable bonds is 3. The van der Waals surface area contributed by atoms with Crippen LogP contribution in [0, 0.1) is 0 Å². The van der Waals surface area contributed by atoms with Crippen molar-refractivity contribution < 1.29 is 18.0 Å². The van der Waals surface area contributed by atoms with E-state index in [1.807, 2.05) is 30.3 Å². The second-order valence-corrected chi connectivity index (χ2v) is 6.67. The van der Waals surface area contributed by atoms with Gasteiger partial charge in [-0.25, -0.2) is 4.98 Å². The van der Waals surface area contributed by atoms with Gasteiger partial charge in [-0.15, -0.1) is 11.3 Å². The Morgan fingerprint density at radius 3 is 2.39 bits per heavy atom. The van der Waals surface area contributed by atoms with Crippen LogP contribution in [0.1, 0.15) is 45.9 Å². The first-order valence-corrected chi connectivity index (χ1v) is 8.13. The molecule has 7 heteroatoms. The minimum Gasteiger partial charge on any atom is -0.342 e. The molecule has 1 fully saturated rings. The topological polar surface area (TPSA) is 42.0 Å². The highest BCUT2D eigenvalue weighted by atomic mass is 32.1. The van der Waals surface area contributed by atoms with Crippen LogP contribution < -0.4 is 5.32 Å². The Balaban J connectivity index is 1.84. The number of benzene rings is 1. The number of aromatic nitrogens is 1. The molecule has 0 aliphatic heterocycles.